The highest BCUT2D eigenvalue weighted by atomic mass is 32.2. The fourth-order valence-electron chi connectivity index (χ4n) is 3.04. The molecule has 0 unspecified atom stereocenters. The summed E-state index contributed by atoms with van der Waals surface area (Å²) < 4.78 is 7.24. The number of thioether (sulfide) groups is 1. The van der Waals surface area contributed by atoms with Crippen LogP contribution in [-0.2, 0) is 11.3 Å². The van der Waals surface area contributed by atoms with Crippen LogP contribution in [0.25, 0.3) is 16.6 Å². The monoisotopic (exact) mass is 441 g/mol. The molecule has 0 atom stereocenters. The Hall–Kier alpha value is -3.11. The average molecular weight is 442 g/mol. The lowest BCUT2D eigenvalue weighted by Crippen LogP contribution is -2.39. The minimum atomic E-state index is -0.522. The molecule has 0 aliphatic rings. The number of methoxy groups -OCH3 is 1. The highest BCUT2D eigenvalue weighted by Crippen LogP contribution is 2.28. The van der Waals surface area contributed by atoms with Crippen molar-refractivity contribution in [3.63, 3.8) is 0 Å². The number of hydrogen-bond acceptors (Lipinski definition) is 7. The molecule has 2 N–H and O–H groups in total. The molecule has 10 heteroatoms. The molecule has 154 valence electrons. The van der Waals surface area contributed by atoms with E-state index < -0.39 is 11.9 Å². The smallest absolute Gasteiger partial charge is 0.321 e. The Balaban J connectivity index is 1.46. The number of aromatic nitrogens is 3. The van der Waals surface area contributed by atoms with Crippen molar-refractivity contribution in [3.8, 4) is 5.75 Å². The highest BCUT2D eigenvalue weighted by Gasteiger charge is 2.15. The van der Waals surface area contributed by atoms with Crippen molar-refractivity contribution in [1.82, 2.24) is 25.2 Å². The van der Waals surface area contributed by atoms with Crippen LogP contribution < -0.4 is 15.4 Å². The van der Waals surface area contributed by atoms with Crippen LogP contribution >= 0.6 is 23.1 Å². The van der Waals surface area contributed by atoms with Gasteiger partial charge < -0.3 is 10.1 Å². The van der Waals surface area contributed by atoms with Gasteiger partial charge in [-0.3, -0.25) is 14.5 Å². The summed E-state index contributed by atoms with van der Waals surface area (Å²) in [5.41, 5.74) is 2.65. The molecule has 0 saturated heterocycles. The number of ether oxygens (including phenoxy) is 1. The number of imide groups is 1. The van der Waals surface area contributed by atoms with Crippen molar-refractivity contribution >= 4 is 51.6 Å². The molecule has 0 fully saturated rings. The molecule has 0 bridgehead atoms. The molecule has 30 heavy (non-hydrogen) atoms. The molecule has 1 aromatic carbocycles. The summed E-state index contributed by atoms with van der Waals surface area (Å²) in [5.74, 6) is 0.348. The third kappa shape index (κ3) is 4.24. The lowest BCUT2D eigenvalue weighted by atomic mass is 10.1. The van der Waals surface area contributed by atoms with Crippen LogP contribution in [0.1, 0.15) is 10.4 Å². The maximum absolute atomic E-state index is 12.2. The molecule has 4 rings (SSSR count). The zero-order chi connectivity index (χ0) is 21.1. The van der Waals surface area contributed by atoms with Crippen LogP contribution in [0.4, 0.5) is 4.79 Å². The van der Waals surface area contributed by atoms with Gasteiger partial charge in [-0.2, -0.15) is 0 Å². The zero-order valence-electron chi connectivity index (χ0n) is 16.3. The Bertz CT molecular complexity index is 1220. The number of thiophene rings is 1. The van der Waals surface area contributed by atoms with E-state index in [1.807, 2.05) is 53.1 Å². The molecule has 0 aliphatic heterocycles. The minimum absolute atomic E-state index is 0.0343. The van der Waals surface area contributed by atoms with E-state index in [1.165, 1.54) is 23.1 Å². The first kappa shape index (κ1) is 20.2. The van der Waals surface area contributed by atoms with Gasteiger partial charge in [-0.05, 0) is 42.1 Å². The third-order valence-electron chi connectivity index (χ3n) is 4.46. The van der Waals surface area contributed by atoms with E-state index in [1.54, 1.807) is 7.11 Å². The quantitative estimate of drug-likeness (QED) is 0.445. The molecule has 0 saturated carbocycles. The van der Waals surface area contributed by atoms with Gasteiger partial charge >= 0.3 is 6.03 Å². The fourth-order valence-corrected chi connectivity index (χ4v) is 4.44. The molecule has 3 heterocycles. The predicted octanol–water partition coefficient (Wildman–Crippen LogP) is 3.38. The molecular weight excluding hydrogens is 422 g/mol. The van der Waals surface area contributed by atoms with Gasteiger partial charge in [-0.25, -0.2) is 4.79 Å². The van der Waals surface area contributed by atoms with Crippen molar-refractivity contribution in [2.24, 2.45) is 0 Å². The molecule has 0 spiro atoms. The van der Waals surface area contributed by atoms with Crippen molar-refractivity contribution in [2.75, 3.05) is 12.9 Å². The lowest BCUT2D eigenvalue weighted by molar-refractivity contribution is -0.117. The molecule has 4 aromatic rings. The number of rotatable bonds is 6. The lowest BCUT2D eigenvalue weighted by Gasteiger charge is -2.09. The second kappa shape index (κ2) is 8.72. The number of carbonyl (C=O) groups excluding carboxylic acids is 2. The number of carbonyl (C=O) groups is 2. The normalized spacial score (nSPS) is 11.0. The standard InChI is InChI=1S/C20H19N5O3S2/c1-12-8-17-23-24-20(25(17)16-9-13(28-2)5-6-15(12)16)30-11-18(26)22-19(27)21-10-14-4-3-7-29-14/h3-9H,10-11H2,1-2H3,(H2,21,22,26,27). The summed E-state index contributed by atoms with van der Waals surface area (Å²) >= 11 is 2.75. The Morgan fingerprint density at radius 3 is 2.87 bits per heavy atom. The second-order valence-electron chi connectivity index (χ2n) is 6.49. The third-order valence-corrected chi connectivity index (χ3v) is 6.27. The van der Waals surface area contributed by atoms with Gasteiger partial charge in [-0.1, -0.05) is 17.8 Å². The minimum Gasteiger partial charge on any atom is -0.497 e. The van der Waals surface area contributed by atoms with Gasteiger partial charge in [0.05, 0.1) is 24.9 Å². The van der Waals surface area contributed by atoms with E-state index in [2.05, 4.69) is 20.8 Å². The van der Waals surface area contributed by atoms with E-state index >= 15 is 0 Å². The number of hydrogen-bond donors (Lipinski definition) is 2. The van der Waals surface area contributed by atoms with Gasteiger partial charge in [0.2, 0.25) is 5.91 Å². The van der Waals surface area contributed by atoms with Crippen LogP contribution in [0.3, 0.4) is 0 Å². The summed E-state index contributed by atoms with van der Waals surface area (Å²) in [6.45, 7) is 2.39. The predicted molar refractivity (Wildman–Crippen MR) is 117 cm³/mol. The van der Waals surface area contributed by atoms with Crippen LogP contribution in [0.5, 0.6) is 5.75 Å². The number of fused-ring (bicyclic) bond motifs is 3. The van der Waals surface area contributed by atoms with Crippen LogP contribution in [0.2, 0.25) is 0 Å². The van der Waals surface area contributed by atoms with E-state index in [0.29, 0.717) is 17.3 Å². The molecular formula is C20H19N5O3S2. The van der Waals surface area contributed by atoms with E-state index in [4.69, 9.17) is 4.74 Å². The second-order valence-corrected chi connectivity index (χ2v) is 8.46. The van der Waals surface area contributed by atoms with E-state index in [0.717, 1.165) is 27.1 Å². The Kier molecular flexibility index (Phi) is 5.86. The zero-order valence-corrected chi connectivity index (χ0v) is 18.0. The van der Waals surface area contributed by atoms with Gasteiger partial charge in [0.25, 0.3) is 0 Å². The fraction of sp³-hybridized carbons (Fsp3) is 0.200. The number of nitrogens with zero attached hydrogens (tertiary/aromatic N) is 3. The molecule has 0 radical (unpaired) electrons. The number of pyridine rings is 1. The van der Waals surface area contributed by atoms with Gasteiger partial charge in [0.15, 0.2) is 10.8 Å². The largest absolute Gasteiger partial charge is 0.497 e. The van der Waals surface area contributed by atoms with E-state index in [-0.39, 0.29) is 5.75 Å². The van der Waals surface area contributed by atoms with Crippen molar-refractivity contribution in [3.05, 3.63) is 52.2 Å². The highest BCUT2D eigenvalue weighted by molar-refractivity contribution is 7.99. The first-order chi connectivity index (χ1) is 14.5. The van der Waals surface area contributed by atoms with Gasteiger partial charge in [-0.15, -0.1) is 21.5 Å². The summed E-state index contributed by atoms with van der Waals surface area (Å²) in [5, 5.41) is 17.0. The Morgan fingerprint density at radius 2 is 2.10 bits per heavy atom. The number of nitrogens with one attached hydrogen (secondary N) is 2. The van der Waals surface area contributed by atoms with Crippen molar-refractivity contribution in [1.29, 1.82) is 0 Å². The van der Waals surface area contributed by atoms with Crippen molar-refractivity contribution < 1.29 is 14.3 Å². The van der Waals surface area contributed by atoms with Crippen LogP contribution in [0.15, 0.2) is 46.9 Å². The summed E-state index contributed by atoms with van der Waals surface area (Å²) in [4.78, 5) is 25.1. The number of benzene rings is 1. The summed E-state index contributed by atoms with van der Waals surface area (Å²) in [6, 6.07) is 11.1. The first-order valence-electron chi connectivity index (χ1n) is 9.10. The number of urea groups is 1. The van der Waals surface area contributed by atoms with Crippen LogP contribution in [-0.4, -0.2) is 39.4 Å². The molecule has 3 aromatic heterocycles. The van der Waals surface area contributed by atoms with Crippen molar-refractivity contribution in [2.45, 2.75) is 18.6 Å². The Labute approximate surface area is 180 Å². The molecule has 0 aliphatic carbocycles. The van der Waals surface area contributed by atoms with Gasteiger partial charge in [0, 0.05) is 16.3 Å². The topological polar surface area (TPSA) is 97.6 Å². The molecule has 3 amide bonds. The van der Waals surface area contributed by atoms with Gasteiger partial charge in [0.1, 0.15) is 5.75 Å². The average Bonchev–Trinajstić information content (AvgIpc) is 3.40. The summed E-state index contributed by atoms with van der Waals surface area (Å²) in [7, 11) is 1.61. The Morgan fingerprint density at radius 1 is 1.23 bits per heavy atom. The first-order valence-corrected chi connectivity index (χ1v) is 11.0. The maximum atomic E-state index is 12.2. The SMILES string of the molecule is COc1ccc2c(C)cc3nnc(SCC(=O)NC(=O)NCc4cccs4)n3c2c1. The number of aryl methyl sites for hydroxylation is 1. The number of amides is 3. The van der Waals surface area contributed by atoms with Crippen LogP contribution in [0, 0.1) is 6.92 Å². The molecule has 8 nitrogen and oxygen atoms in total. The summed E-state index contributed by atoms with van der Waals surface area (Å²) in [6.07, 6.45) is 0. The van der Waals surface area contributed by atoms with E-state index in [9.17, 15) is 9.59 Å². The maximum Gasteiger partial charge on any atom is 0.321 e.